The first-order valence-electron chi connectivity index (χ1n) is 14.4. The number of benzene rings is 5. The molecule has 6 rings (SSSR count). The summed E-state index contributed by atoms with van der Waals surface area (Å²) in [6.45, 7) is 0. The molecule has 0 bridgehead atoms. The molecular formula is C29H15ClFN7Na4O13S4. The number of fused-ring (bicyclic) bond motifs is 2. The largest absolute Gasteiger partial charge is 1.00 e. The molecular weight excluding hydrogens is 929 g/mol. The molecule has 0 amide bonds. The Morgan fingerprint density at radius 2 is 1.25 bits per heavy atom. The summed E-state index contributed by atoms with van der Waals surface area (Å²) in [5.74, 6) is -2.42. The summed E-state index contributed by atoms with van der Waals surface area (Å²) in [4.78, 5) is 6.27. The molecule has 6 aromatic rings. The van der Waals surface area contributed by atoms with Crippen LogP contribution < -0.4 is 129 Å². The van der Waals surface area contributed by atoms with Gasteiger partial charge in [-0.25, -0.2) is 33.7 Å². The summed E-state index contributed by atoms with van der Waals surface area (Å²) in [6, 6.07) is 12.0. The number of azo groups is 1. The Labute approximate surface area is 427 Å². The molecule has 5 aromatic carbocycles. The Balaban J connectivity index is 0.00000300. The Hall–Kier alpha value is -1.51. The molecule has 0 aliphatic carbocycles. The predicted octanol–water partition coefficient (Wildman–Crippen LogP) is -7.79. The number of halogens is 2. The summed E-state index contributed by atoms with van der Waals surface area (Å²) in [5.41, 5.74) is -2.46. The van der Waals surface area contributed by atoms with Gasteiger partial charge in [0.2, 0.25) is 11.9 Å². The number of rotatable bonds is 10. The van der Waals surface area contributed by atoms with Gasteiger partial charge >= 0.3 is 124 Å². The van der Waals surface area contributed by atoms with E-state index < -0.39 is 122 Å². The van der Waals surface area contributed by atoms with Gasteiger partial charge in [-0.05, 0) is 53.9 Å². The van der Waals surface area contributed by atoms with Crippen molar-refractivity contribution in [2.24, 2.45) is 10.2 Å². The molecule has 0 aliphatic heterocycles. The van der Waals surface area contributed by atoms with E-state index in [1.165, 1.54) is 24.3 Å². The first-order valence-corrected chi connectivity index (χ1v) is 20.4. The molecule has 0 atom stereocenters. The van der Waals surface area contributed by atoms with E-state index in [1.54, 1.807) is 0 Å². The Bertz CT molecular complexity index is 3120. The molecule has 0 spiro atoms. The molecule has 59 heavy (non-hydrogen) atoms. The fraction of sp³-hybridized carbons (Fsp3) is 0. The number of anilines is 4. The van der Waals surface area contributed by atoms with Crippen molar-refractivity contribution in [3.05, 3.63) is 83.9 Å². The van der Waals surface area contributed by atoms with Crippen molar-refractivity contribution in [1.82, 2.24) is 15.0 Å². The molecule has 0 saturated heterocycles. The second-order valence-corrected chi connectivity index (χ2v) is 16.8. The number of phenolic OH excluding ortho intramolecular Hbond substituents is 1. The molecule has 20 nitrogen and oxygen atoms in total. The summed E-state index contributed by atoms with van der Waals surface area (Å²) < 4.78 is 161. The third kappa shape index (κ3) is 12.4. The van der Waals surface area contributed by atoms with E-state index in [0.29, 0.717) is 18.2 Å². The normalized spacial score (nSPS) is 11.9. The third-order valence-electron chi connectivity index (χ3n) is 7.35. The van der Waals surface area contributed by atoms with Gasteiger partial charge in [0.05, 0.1) is 25.3 Å². The number of hydrogen-bond donors (Lipinski definition) is 3. The average Bonchev–Trinajstić information content (AvgIpc) is 3.05. The van der Waals surface area contributed by atoms with Crippen LogP contribution in [0.3, 0.4) is 0 Å². The van der Waals surface area contributed by atoms with Crippen molar-refractivity contribution in [2.45, 2.75) is 19.6 Å². The van der Waals surface area contributed by atoms with Gasteiger partial charge in [-0.3, -0.25) is 0 Å². The second kappa shape index (κ2) is 20.3. The number of nitrogens with zero attached hydrogens (tertiary/aromatic N) is 5. The summed E-state index contributed by atoms with van der Waals surface area (Å²) in [7, 11) is -21.9. The zero-order valence-corrected chi connectivity index (χ0v) is 42.4. The van der Waals surface area contributed by atoms with Crippen LogP contribution in [0.1, 0.15) is 0 Å². The van der Waals surface area contributed by atoms with Crippen molar-refractivity contribution >= 4 is 108 Å². The fourth-order valence-electron chi connectivity index (χ4n) is 5.22. The molecule has 30 heteroatoms. The van der Waals surface area contributed by atoms with E-state index in [1.807, 2.05) is 0 Å². The van der Waals surface area contributed by atoms with E-state index in [4.69, 9.17) is 11.6 Å². The molecule has 0 radical (unpaired) electrons. The van der Waals surface area contributed by atoms with Gasteiger partial charge in [-0.15, -0.1) is 10.2 Å². The van der Waals surface area contributed by atoms with Gasteiger partial charge in [-0.2, -0.15) is 19.3 Å². The number of aromatic hydroxyl groups is 1. The number of nitrogens with one attached hydrogen (secondary N) is 2. The molecule has 1 aromatic heterocycles. The number of hydrogen-bond acceptors (Lipinski definition) is 20. The van der Waals surface area contributed by atoms with Crippen molar-refractivity contribution in [3.63, 3.8) is 0 Å². The average molecular weight is 944 g/mol. The molecule has 3 N–H and O–H groups in total. The van der Waals surface area contributed by atoms with E-state index in [0.717, 1.165) is 30.3 Å². The van der Waals surface area contributed by atoms with Crippen LogP contribution in [0.5, 0.6) is 5.75 Å². The SMILES string of the molecule is O=S(=O)([O-])c1cc(Nc2nc(F)nc(Nc3cccc(Cl)c3)n2)c2c(O)c(N=Nc3ccc4c(S(=O)(=O)[O-])cccc4c3S(=O)(=O)[O-])c(S(=O)(=O)[O-])cc2c1.[Na+].[Na+].[Na+].[Na+]. The van der Waals surface area contributed by atoms with Crippen LogP contribution in [-0.4, -0.2) is 71.9 Å². The van der Waals surface area contributed by atoms with Crippen LogP contribution in [0.25, 0.3) is 21.5 Å². The van der Waals surface area contributed by atoms with Gasteiger partial charge in [0.25, 0.3) is 0 Å². The van der Waals surface area contributed by atoms with E-state index in [9.17, 15) is 61.4 Å². The molecule has 0 saturated carbocycles. The maximum Gasteiger partial charge on any atom is 1.00 e. The third-order valence-corrected chi connectivity index (χ3v) is 11.1. The minimum absolute atomic E-state index is 0. The summed E-state index contributed by atoms with van der Waals surface area (Å²) in [5, 5.41) is 21.4. The standard InChI is InChI=1S/C29H19ClFN7O13S4.4Na/c30-14-3-1-4-15(11-14)32-28-34-27(31)35-29(36-28)33-20-12-16(52(40,41)42)9-13-10-22(54(46,47)48)24(25(39)23(13)20)38-37-19-8-7-17-18(26(19)55(49,50)51)5-2-6-21(17)53(43,44)45;;;;/h1-12,39H,(H,40,41,42)(H,43,44,45)(H,46,47,48)(H,49,50,51)(H2,32,33,34,35,36);;;;/q;4*+1/p-4. The monoisotopic (exact) mass is 943 g/mol. The van der Waals surface area contributed by atoms with Crippen LogP contribution in [0.4, 0.5) is 39.0 Å². The topological polar surface area (TPSA) is 336 Å². The molecule has 1 heterocycles. The minimum atomic E-state index is -5.70. The van der Waals surface area contributed by atoms with Crippen LogP contribution in [-0.2, 0) is 40.5 Å². The summed E-state index contributed by atoms with van der Waals surface area (Å²) in [6.07, 6.45) is -1.41. The first kappa shape index (κ1) is 53.6. The van der Waals surface area contributed by atoms with Gasteiger partial charge < -0.3 is 34.0 Å². The smallest absolute Gasteiger partial charge is 0.744 e. The molecule has 286 valence electrons. The first-order chi connectivity index (χ1) is 25.5. The maximum atomic E-state index is 14.6. The Kier molecular flexibility index (Phi) is 18.5. The van der Waals surface area contributed by atoms with Crippen molar-refractivity contribution in [2.75, 3.05) is 10.6 Å². The van der Waals surface area contributed by atoms with Crippen LogP contribution in [0, 0.1) is 6.08 Å². The molecule has 0 unspecified atom stereocenters. The van der Waals surface area contributed by atoms with Gasteiger partial charge in [0, 0.05) is 26.9 Å². The van der Waals surface area contributed by atoms with Crippen LogP contribution in [0.2, 0.25) is 5.02 Å². The fourth-order valence-corrected chi connectivity index (χ4v) is 8.10. The van der Waals surface area contributed by atoms with Gasteiger partial charge in [0.15, 0.2) is 5.75 Å². The Morgan fingerprint density at radius 3 is 1.83 bits per heavy atom. The van der Waals surface area contributed by atoms with E-state index >= 15 is 0 Å². The minimum Gasteiger partial charge on any atom is -0.744 e. The van der Waals surface area contributed by atoms with Crippen LogP contribution in [0.15, 0.2) is 103 Å². The second-order valence-electron chi connectivity index (χ2n) is 10.9. The van der Waals surface area contributed by atoms with E-state index in [-0.39, 0.29) is 129 Å². The quantitative estimate of drug-likeness (QED) is 0.0652. The van der Waals surface area contributed by atoms with Crippen molar-refractivity contribution < 1.29 is 180 Å². The van der Waals surface area contributed by atoms with Gasteiger partial charge in [0.1, 0.15) is 51.8 Å². The Morgan fingerprint density at radius 1 is 0.644 bits per heavy atom. The maximum absolute atomic E-state index is 14.6. The zero-order chi connectivity index (χ0) is 40.2. The van der Waals surface area contributed by atoms with Gasteiger partial charge in [-0.1, -0.05) is 35.9 Å². The van der Waals surface area contributed by atoms with Crippen molar-refractivity contribution in [1.29, 1.82) is 0 Å². The number of aromatic nitrogens is 3. The molecule has 0 fully saturated rings. The van der Waals surface area contributed by atoms with E-state index in [2.05, 4.69) is 35.8 Å². The number of phenols is 1. The van der Waals surface area contributed by atoms with Crippen LogP contribution >= 0.6 is 11.6 Å². The van der Waals surface area contributed by atoms with Crippen molar-refractivity contribution in [3.8, 4) is 5.75 Å². The predicted molar refractivity (Wildman–Crippen MR) is 183 cm³/mol. The molecule has 0 aliphatic rings. The summed E-state index contributed by atoms with van der Waals surface area (Å²) >= 11 is 5.96. The zero-order valence-electron chi connectivity index (χ0n) is 30.4.